The maximum Gasteiger partial charge on any atom is 0.0767 e. The van der Waals surface area contributed by atoms with Gasteiger partial charge in [0.25, 0.3) is 0 Å². The maximum atomic E-state index is 4.67. The molecule has 0 saturated heterocycles. The third kappa shape index (κ3) is 3.28. The molecule has 1 fully saturated rings. The van der Waals surface area contributed by atoms with Crippen molar-refractivity contribution in [1.82, 2.24) is 15.1 Å². The highest BCUT2D eigenvalue weighted by Crippen LogP contribution is 2.30. The Bertz CT molecular complexity index is 441. The molecule has 1 N–H and O–H groups in total. The lowest BCUT2D eigenvalue weighted by Crippen LogP contribution is -2.40. The molecule has 0 bridgehead atoms. The summed E-state index contributed by atoms with van der Waals surface area (Å²) in [6, 6.07) is 0.649. The van der Waals surface area contributed by atoms with Crippen LogP contribution in [0, 0.1) is 11.8 Å². The molecule has 0 amide bonds. The minimum atomic E-state index is 0.649. The van der Waals surface area contributed by atoms with E-state index in [2.05, 4.69) is 58.7 Å². The maximum absolute atomic E-state index is 4.67. The summed E-state index contributed by atoms with van der Waals surface area (Å²) in [6.07, 6.45) is 5.04. The number of nitrogens with one attached hydrogen (secondary N) is 1. The smallest absolute Gasteiger partial charge is 0.0767 e. The number of nitrogens with zero attached hydrogens (tertiary/aromatic N) is 2. The van der Waals surface area contributed by atoms with Crippen molar-refractivity contribution in [2.75, 3.05) is 0 Å². The Labute approximate surface area is 131 Å². The summed E-state index contributed by atoms with van der Waals surface area (Å²) in [7, 11) is 0. The number of hydrogen-bond acceptors (Lipinski definition) is 2. The van der Waals surface area contributed by atoms with E-state index in [1.165, 1.54) is 35.1 Å². The molecule has 2 rings (SSSR count). The largest absolute Gasteiger partial charge is 0.308 e. The molecule has 3 atom stereocenters. The molecule has 3 unspecified atom stereocenters. The third-order valence-corrected chi connectivity index (χ3v) is 5.85. The number of aromatic nitrogens is 2. The van der Waals surface area contributed by atoms with E-state index >= 15 is 0 Å². The van der Waals surface area contributed by atoms with Gasteiger partial charge in [-0.2, -0.15) is 5.10 Å². The van der Waals surface area contributed by atoms with Gasteiger partial charge in [0.05, 0.1) is 15.9 Å². The molecule has 1 saturated carbocycles. The summed E-state index contributed by atoms with van der Waals surface area (Å²) >= 11 is 3.73. The van der Waals surface area contributed by atoms with Crippen LogP contribution < -0.4 is 5.32 Å². The van der Waals surface area contributed by atoms with E-state index in [0.29, 0.717) is 6.04 Å². The van der Waals surface area contributed by atoms with Gasteiger partial charge in [0.15, 0.2) is 0 Å². The molecular weight excluding hydrogens is 314 g/mol. The molecule has 4 heteroatoms. The lowest BCUT2D eigenvalue weighted by molar-refractivity contribution is 0.205. The Morgan fingerprint density at radius 3 is 2.70 bits per heavy atom. The van der Waals surface area contributed by atoms with Crippen LogP contribution in [0.1, 0.15) is 58.3 Å². The lowest BCUT2D eigenvalue weighted by Gasteiger charge is -2.34. The first kappa shape index (κ1) is 16.0. The van der Waals surface area contributed by atoms with E-state index < -0.39 is 0 Å². The van der Waals surface area contributed by atoms with E-state index in [1.54, 1.807) is 0 Å². The van der Waals surface area contributed by atoms with Gasteiger partial charge in [0, 0.05) is 19.1 Å². The lowest BCUT2D eigenvalue weighted by atomic mass is 9.78. The Kier molecular flexibility index (Phi) is 5.67. The molecule has 0 aliphatic heterocycles. The molecule has 1 aromatic heterocycles. The van der Waals surface area contributed by atoms with Crippen molar-refractivity contribution in [1.29, 1.82) is 0 Å². The fourth-order valence-corrected chi connectivity index (χ4v) is 3.99. The van der Waals surface area contributed by atoms with Crippen LogP contribution >= 0.6 is 15.9 Å². The second-order valence-electron chi connectivity index (χ2n) is 6.13. The van der Waals surface area contributed by atoms with E-state index in [9.17, 15) is 0 Å². The Morgan fingerprint density at radius 2 is 2.05 bits per heavy atom. The van der Waals surface area contributed by atoms with Crippen LogP contribution in [-0.2, 0) is 19.5 Å². The predicted octanol–water partition coefficient (Wildman–Crippen LogP) is 4.14. The first-order valence-electron chi connectivity index (χ1n) is 8.05. The minimum absolute atomic E-state index is 0.649. The van der Waals surface area contributed by atoms with Gasteiger partial charge in [-0.1, -0.05) is 33.6 Å². The fourth-order valence-electron chi connectivity index (χ4n) is 3.28. The number of halogens is 1. The molecule has 3 nitrogen and oxygen atoms in total. The van der Waals surface area contributed by atoms with Gasteiger partial charge in [-0.3, -0.25) is 4.68 Å². The molecule has 0 aromatic carbocycles. The quantitative estimate of drug-likeness (QED) is 0.871. The average molecular weight is 342 g/mol. The summed E-state index contributed by atoms with van der Waals surface area (Å²) in [4.78, 5) is 0. The second-order valence-corrected chi connectivity index (χ2v) is 6.92. The fraction of sp³-hybridized carbons (Fsp3) is 0.812. The molecule has 1 aliphatic carbocycles. The van der Waals surface area contributed by atoms with Gasteiger partial charge in [0.2, 0.25) is 0 Å². The Morgan fingerprint density at radius 1 is 1.30 bits per heavy atom. The van der Waals surface area contributed by atoms with Crippen LogP contribution in [0.15, 0.2) is 4.47 Å². The zero-order chi connectivity index (χ0) is 14.7. The van der Waals surface area contributed by atoms with Crippen molar-refractivity contribution in [3.63, 3.8) is 0 Å². The summed E-state index contributed by atoms with van der Waals surface area (Å²) in [5, 5.41) is 8.45. The summed E-state index contributed by atoms with van der Waals surface area (Å²) in [5.41, 5.74) is 2.48. The molecule has 114 valence electrons. The van der Waals surface area contributed by atoms with Crippen LogP contribution in [0.25, 0.3) is 0 Å². The van der Waals surface area contributed by atoms with Crippen molar-refractivity contribution in [3.8, 4) is 0 Å². The van der Waals surface area contributed by atoms with Crippen LogP contribution in [0.3, 0.4) is 0 Å². The van der Waals surface area contributed by atoms with Crippen LogP contribution in [0.2, 0.25) is 0 Å². The molecular formula is C16H28BrN3. The monoisotopic (exact) mass is 341 g/mol. The number of rotatable bonds is 5. The van der Waals surface area contributed by atoms with E-state index in [4.69, 9.17) is 0 Å². The summed E-state index contributed by atoms with van der Waals surface area (Å²) in [6.45, 7) is 11.0. The van der Waals surface area contributed by atoms with E-state index in [0.717, 1.165) is 31.3 Å². The highest BCUT2D eigenvalue weighted by molar-refractivity contribution is 9.10. The van der Waals surface area contributed by atoms with Gasteiger partial charge in [-0.15, -0.1) is 0 Å². The summed E-state index contributed by atoms with van der Waals surface area (Å²) in [5.74, 6) is 1.61. The van der Waals surface area contributed by atoms with Crippen molar-refractivity contribution in [2.45, 2.75) is 72.5 Å². The first-order chi connectivity index (χ1) is 9.58. The highest BCUT2D eigenvalue weighted by atomic mass is 79.9. The van der Waals surface area contributed by atoms with Crippen LogP contribution in [-0.4, -0.2) is 15.8 Å². The van der Waals surface area contributed by atoms with E-state index in [1.807, 2.05) is 0 Å². The molecule has 0 spiro atoms. The zero-order valence-corrected chi connectivity index (χ0v) is 14.8. The first-order valence-corrected chi connectivity index (χ1v) is 8.85. The Hall–Kier alpha value is -0.350. The standard InChI is InChI=1S/C16H28BrN3/c1-5-13-16(17)15(20(6-2)19-13)10-18-14-9-7-8-11(3)12(14)4/h11-12,14,18H,5-10H2,1-4H3. The average Bonchev–Trinajstić information content (AvgIpc) is 2.76. The van der Waals surface area contributed by atoms with E-state index in [-0.39, 0.29) is 0 Å². The molecule has 1 aliphatic rings. The van der Waals surface area contributed by atoms with Crippen molar-refractivity contribution < 1.29 is 0 Å². The van der Waals surface area contributed by atoms with Gasteiger partial charge < -0.3 is 5.32 Å². The second kappa shape index (κ2) is 7.08. The van der Waals surface area contributed by atoms with Crippen LogP contribution in [0.5, 0.6) is 0 Å². The molecule has 20 heavy (non-hydrogen) atoms. The highest BCUT2D eigenvalue weighted by Gasteiger charge is 2.27. The third-order valence-electron chi connectivity index (χ3n) is 4.93. The molecule has 1 heterocycles. The van der Waals surface area contributed by atoms with Gasteiger partial charge in [-0.25, -0.2) is 0 Å². The molecule has 0 radical (unpaired) electrons. The van der Waals surface area contributed by atoms with Crippen LogP contribution in [0.4, 0.5) is 0 Å². The normalized spacial score (nSPS) is 26.9. The van der Waals surface area contributed by atoms with Crippen molar-refractivity contribution in [3.05, 3.63) is 15.9 Å². The van der Waals surface area contributed by atoms with Crippen molar-refractivity contribution >= 4 is 15.9 Å². The number of hydrogen-bond donors (Lipinski definition) is 1. The zero-order valence-electron chi connectivity index (χ0n) is 13.2. The predicted molar refractivity (Wildman–Crippen MR) is 87.8 cm³/mol. The van der Waals surface area contributed by atoms with Gasteiger partial charge in [-0.05, 0) is 47.5 Å². The van der Waals surface area contributed by atoms with Crippen molar-refractivity contribution in [2.24, 2.45) is 11.8 Å². The van der Waals surface area contributed by atoms with Gasteiger partial charge >= 0.3 is 0 Å². The number of aryl methyl sites for hydroxylation is 2. The summed E-state index contributed by atoms with van der Waals surface area (Å²) < 4.78 is 3.33. The Balaban J connectivity index is 2.05. The SMILES string of the molecule is CCc1nn(CC)c(CNC2CCCC(C)C2C)c1Br. The topological polar surface area (TPSA) is 29.9 Å². The van der Waals surface area contributed by atoms with Gasteiger partial charge in [0.1, 0.15) is 0 Å². The molecule has 1 aromatic rings. The minimum Gasteiger partial charge on any atom is -0.308 e.